The highest BCUT2D eigenvalue weighted by Crippen LogP contribution is 2.30. The van der Waals surface area contributed by atoms with Gasteiger partial charge in [0.2, 0.25) is 10.0 Å². The molecule has 2 aromatic rings. The predicted octanol–water partition coefficient (Wildman–Crippen LogP) is 3.06. The van der Waals surface area contributed by atoms with Crippen molar-refractivity contribution in [2.24, 2.45) is 0 Å². The van der Waals surface area contributed by atoms with Crippen LogP contribution < -0.4 is 9.64 Å². The Bertz CT molecular complexity index is 960. The molecule has 0 saturated carbocycles. The number of hydrogen-bond acceptors (Lipinski definition) is 4. The van der Waals surface area contributed by atoms with Gasteiger partial charge in [0.25, 0.3) is 5.91 Å². The monoisotopic (exact) mass is 452 g/mol. The molecule has 6 nitrogen and oxygen atoms in total. The normalized spacial score (nSPS) is 14.1. The summed E-state index contributed by atoms with van der Waals surface area (Å²) < 4.78 is 32.3. The van der Waals surface area contributed by atoms with E-state index in [0.29, 0.717) is 12.3 Å². The number of nitrogens with zero attached hydrogens (tertiary/aromatic N) is 2. The van der Waals surface area contributed by atoms with Gasteiger partial charge in [0.1, 0.15) is 5.75 Å². The van der Waals surface area contributed by atoms with Crippen LogP contribution in [0.4, 0.5) is 5.69 Å². The van der Waals surface area contributed by atoms with Gasteiger partial charge < -0.3 is 9.64 Å². The van der Waals surface area contributed by atoms with E-state index in [1.807, 2.05) is 18.2 Å². The van der Waals surface area contributed by atoms with Crippen LogP contribution in [0.25, 0.3) is 0 Å². The summed E-state index contributed by atoms with van der Waals surface area (Å²) in [6.45, 7) is 0.505. The average Bonchev–Trinajstić information content (AvgIpc) is 2.66. The molecule has 1 heterocycles. The summed E-state index contributed by atoms with van der Waals surface area (Å²) in [6, 6.07) is 12.3. The lowest BCUT2D eigenvalue weighted by Crippen LogP contribution is -2.38. The van der Waals surface area contributed by atoms with E-state index in [4.69, 9.17) is 4.74 Å². The topological polar surface area (TPSA) is 66.9 Å². The van der Waals surface area contributed by atoms with Crippen LogP contribution in [0.1, 0.15) is 12.0 Å². The second-order valence-corrected chi connectivity index (χ2v) is 9.45. The van der Waals surface area contributed by atoms with Crippen molar-refractivity contribution >= 4 is 37.5 Å². The lowest BCUT2D eigenvalue weighted by Gasteiger charge is -2.30. The molecule has 1 aliphatic rings. The number of sulfonamides is 1. The van der Waals surface area contributed by atoms with Gasteiger partial charge in [-0.15, -0.1) is 0 Å². The van der Waals surface area contributed by atoms with E-state index in [9.17, 15) is 13.2 Å². The molecule has 1 amide bonds. The third kappa shape index (κ3) is 4.17. The van der Waals surface area contributed by atoms with E-state index >= 15 is 0 Å². The van der Waals surface area contributed by atoms with Crippen LogP contribution in [0.3, 0.4) is 0 Å². The zero-order chi connectivity index (χ0) is 19.6. The van der Waals surface area contributed by atoms with Gasteiger partial charge in [0.05, 0.1) is 9.37 Å². The number of aryl methyl sites for hydroxylation is 1. The van der Waals surface area contributed by atoms with Crippen LogP contribution in [0.5, 0.6) is 5.75 Å². The molecule has 0 radical (unpaired) electrons. The quantitative estimate of drug-likeness (QED) is 0.698. The molecule has 27 heavy (non-hydrogen) atoms. The molecule has 1 aliphatic heterocycles. The molecule has 0 spiro atoms. The number of anilines is 1. The first-order valence-corrected chi connectivity index (χ1v) is 10.8. The molecule has 0 saturated heterocycles. The van der Waals surface area contributed by atoms with Crippen LogP contribution in [-0.2, 0) is 21.2 Å². The predicted molar refractivity (Wildman–Crippen MR) is 108 cm³/mol. The summed E-state index contributed by atoms with van der Waals surface area (Å²) in [5.41, 5.74) is 1.61. The van der Waals surface area contributed by atoms with Gasteiger partial charge >= 0.3 is 0 Å². The van der Waals surface area contributed by atoms with Crippen LogP contribution in [0, 0.1) is 0 Å². The van der Waals surface area contributed by atoms with Gasteiger partial charge in [-0.1, -0.05) is 12.1 Å². The average molecular weight is 453 g/mol. The number of amides is 1. The van der Waals surface area contributed by atoms with Gasteiger partial charge in [-0.05, 0) is 64.7 Å². The van der Waals surface area contributed by atoms with Crippen LogP contribution >= 0.6 is 15.9 Å². The SMILES string of the molecule is CN(C)S(=O)(=O)c1ccc2c(c1)CCCN2C(=O)COc1ccccc1Br. The number of hydrogen-bond donors (Lipinski definition) is 0. The van der Waals surface area contributed by atoms with Crippen LogP contribution in [0.15, 0.2) is 51.8 Å². The van der Waals surface area contributed by atoms with Gasteiger partial charge in [-0.2, -0.15) is 0 Å². The Morgan fingerprint density at radius 3 is 2.67 bits per heavy atom. The summed E-state index contributed by atoms with van der Waals surface area (Å²) in [5.74, 6) is 0.449. The Balaban J connectivity index is 1.80. The fraction of sp³-hybridized carbons (Fsp3) is 0.316. The van der Waals surface area contributed by atoms with Crippen LogP contribution in [0.2, 0.25) is 0 Å². The van der Waals surface area contributed by atoms with E-state index < -0.39 is 10.0 Å². The summed E-state index contributed by atoms with van der Waals surface area (Å²) >= 11 is 3.40. The van der Waals surface area contributed by atoms with Gasteiger partial charge in [-0.25, -0.2) is 12.7 Å². The third-order valence-electron chi connectivity index (χ3n) is 4.44. The second-order valence-electron chi connectivity index (χ2n) is 6.45. The Kier molecular flexibility index (Phi) is 5.88. The molecule has 3 rings (SSSR count). The number of para-hydroxylation sites is 1. The Hall–Kier alpha value is -1.90. The molecular weight excluding hydrogens is 432 g/mol. The lowest BCUT2D eigenvalue weighted by atomic mass is 10.0. The Morgan fingerprint density at radius 1 is 1.22 bits per heavy atom. The first kappa shape index (κ1) is 19.9. The molecule has 144 valence electrons. The number of benzene rings is 2. The van der Waals surface area contributed by atoms with Crippen molar-refractivity contribution in [3.05, 3.63) is 52.5 Å². The van der Waals surface area contributed by atoms with Crippen molar-refractivity contribution in [1.29, 1.82) is 0 Å². The first-order valence-electron chi connectivity index (χ1n) is 8.54. The maximum Gasteiger partial charge on any atom is 0.264 e. The Labute approximate surface area is 167 Å². The van der Waals surface area contributed by atoms with Crippen molar-refractivity contribution < 1.29 is 17.9 Å². The smallest absolute Gasteiger partial charge is 0.264 e. The Morgan fingerprint density at radius 2 is 1.96 bits per heavy atom. The molecular formula is C19H21BrN2O4S. The number of carbonyl (C=O) groups excluding carboxylic acids is 1. The van der Waals surface area contributed by atoms with Crippen molar-refractivity contribution in [2.75, 3.05) is 32.1 Å². The summed E-state index contributed by atoms with van der Waals surface area (Å²) in [6.07, 6.45) is 1.51. The van der Waals surface area contributed by atoms with E-state index in [1.54, 1.807) is 29.2 Å². The molecule has 0 fully saturated rings. The second kappa shape index (κ2) is 8.00. The molecule has 0 aromatic heterocycles. The summed E-state index contributed by atoms with van der Waals surface area (Å²) in [7, 11) is -0.492. The van der Waals surface area contributed by atoms with Crippen molar-refractivity contribution in [1.82, 2.24) is 4.31 Å². The minimum Gasteiger partial charge on any atom is -0.483 e. The van der Waals surface area contributed by atoms with E-state index in [0.717, 1.165) is 28.6 Å². The number of ether oxygens (including phenoxy) is 1. The third-order valence-corrected chi connectivity index (χ3v) is 6.90. The molecule has 0 bridgehead atoms. The highest BCUT2D eigenvalue weighted by Gasteiger charge is 2.26. The highest BCUT2D eigenvalue weighted by molar-refractivity contribution is 9.10. The number of carbonyl (C=O) groups is 1. The molecule has 0 atom stereocenters. The maximum atomic E-state index is 12.7. The van der Waals surface area contributed by atoms with Gasteiger partial charge in [0, 0.05) is 26.3 Å². The van der Waals surface area contributed by atoms with Crippen molar-refractivity contribution in [2.45, 2.75) is 17.7 Å². The minimum absolute atomic E-state index is 0.0835. The largest absolute Gasteiger partial charge is 0.483 e. The van der Waals surface area contributed by atoms with Crippen LogP contribution in [-0.4, -0.2) is 45.9 Å². The van der Waals surface area contributed by atoms with E-state index in [2.05, 4.69) is 15.9 Å². The summed E-state index contributed by atoms with van der Waals surface area (Å²) in [4.78, 5) is 14.6. The van der Waals surface area contributed by atoms with Crippen molar-refractivity contribution in [3.8, 4) is 5.75 Å². The van der Waals surface area contributed by atoms with Crippen molar-refractivity contribution in [3.63, 3.8) is 0 Å². The van der Waals surface area contributed by atoms with Gasteiger partial charge in [0.15, 0.2) is 6.61 Å². The molecule has 0 N–H and O–H groups in total. The fourth-order valence-corrected chi connectivity index (χ4v) is 4.34. The van der Waals surface area contributed by atoms with Gasteiger partial charge in [-0.3, -0.25) is 4.79 Å². The number of fused-ring (bicyclic) bond motifs is 1. The molecule has 0 aliphatic carbocycles. The fourth-order valence-electron chi connectivity index (χ4n) is 2.98. The van der Waals surface area contributed by atoms with E-state index in [1.165, 1.54) is 18.4 Å². The number of rotatable bonds is 5. The summed E-state index contributed by atoms with van der Waals surface area (Å²) in [5, 5.41) is 0. The number of halogens is 1. The molecule has 0 unspecified atom stereocenters. The highest BCUT2D eigenvalue weighted by atomic mass is 79.9. The first-order chi connectivity index (χ1) is 12.8. The molecule has 8 heteroatoms. The zero-order valence-corrected chi connectivity index (χ0v) is 17.6. The minimum atomic E-state index is -3.50. The maximum absolute atomic E-state index is 12.7. The standard InChI is InChI=1S/C19H21BrN2O4S/c1-21(2)27(24,25)15-9-10-17-14(12-15)6-5-11-22(17)19(23)13-26-18-8-4-3-7-16(18)20/h3-4,7-10,12H,5-6,11,13H2,1-2H3. The molecule has 2 aromatic carbocycles. The lowest BCUT2D eigenvalue weighted by molar-refractivity contribution is -0.120. The zero-order valence-electron chi connectivity index (χ0n) is 15.2. The van der Waals surface area contributed by atoms with E-state index in [-0.39, 0.29) is 17.4 Å².